The summed E-state index contributed by atoms with van der Waals surface area (Å²) in [5.41, 5.74) is 2.19. The molecule has 0 radical (unpaired) electrons. The van der Waals surface area contributed by atoms with Gasteiger partial charge >= 0.3 is 0 Å². The van der Waals surface area contributed by atoms with Gasteiger partial charge in [-0.25, -0.2) is 9.97 Å². The van der Waals surface area contributed by atoms with Gasteiger partial charge in [0.2, 0.25) is 0 Å². The van der Waals surface area contributed by atoms with Crippen LogP contribution in [0.15, 0.2) is 15.8 Å². The number of nitrogens with one attached hydrogen (secondary N) is 2. The maximum absolute atomic E-state index is 4.61. The molecule has 2 rings (SSSR count). The van der Waals surface area contributed by atoms with Gasteiger partial charge in [-0.2, -0.15) is 0 Å². The maximum atomic E-state index is 4.61. The van der Waals surface area contributed by atoms with Crippen LogP contribution in [0.3, 0.4) is 0 Å². The highest BCUT2D eigenvalue weighted by Crippen LogP contribution is 2.18. The lowest BCUT2D eigenvalue weighted by Gasteiger charge is -2.10. The van der Waals surface area contributed by atoms with Crippen molar-refractivity contribution in [3.05, 3.63) is 32.2 Å². The molecule has 0 amide bonds. The van der Waals surface area contributed by atoms with E-state index >= 15 is 0 Å². The monoisotopic (exact) mass is 337 g/mol. The first-order valence-corrected chi connectivity index (χ1v) is 9.14. The van der Waals surface area contributed by atoms with Crippen molar-refractivity contribution < 1.29 is 0 Å². The summed E-state index contributed by atoms with van der Waals surface area (Å²) in [6.45, 7) is 7.87. The zero-order valence-electron chi connectivity index (χ0n) is 13.5. The van der Waals surface area contributed by atoms with Gasteiger partial charge in [-0.15, -0.1) is 22.7 Å². The Morgan fingerprint density at radius 3 is 2.55 bits per heavy atom. The van der Waals surface area contributed by atoms with Crippen LogP contribution in [0.25, 0.3) is 0 Å². The number of aliphatic imine (C=N–C) groups is 1. The van der Waals surface area contributed by atoms with Gasteiger partial charge in [0.15, 0.2) is 5.96 Å². The molecule has 0 aliphatic heterocycles. The molecule has 2 aromatic rings. The Bertz CT molecular complexity index is 615. The molecule has 2 heterocycles. The van der Waals surface area contributed by atoms with Gasteiger partial charge in [0.1, 0.15) is 0 Å². The minimum Gasteiger partial charge on any atom is -0.356 e. The van der Waals surface area contributed by atoms with Crippen LogP contribution in [0, 0.1) is 6.92 Å². The molecule has 0 atom stereocenters. The van der Waals surface area contributed by atoms with E-state index < -0.39 is 0 Å². The van der Waals surface area contributed by atoms with E-state index in [9.17, 15) is 0 Å². The third kappa shape index (κ3) is 5.06. The number of aromatic nitrogens is 2. The largest absolute Gasteiger partial charge is 0.356 e. The third-order valence-corrected chi connectivity index (χ3v) is 5.08. The molecule has 7 heteroatoms. The minimum atomic E-state index is 0.484. The molecule has 0 unspecified atom stereocenters. The topological polar surface area (TPSA) is 62.2 Å². The van der Waals surface area contributed by atoms with Crippen LogP contribution in [-0.4, -0.2) is 29.5 Å². The predicted octanol–water partition coefficient (Wildman–Crippen LogP) is 2.94. The fraction of sp³-hybridized carbons (Fsp3) is 0.533. The number of rotatable bonds is 6. The summed E-state index contributed by atoms with van der Waals surface area (Å²) in [5.74, 6) is 1.28. The number of nitrogens with zero attached hydrogens (tertiary/aromatic N) is 3. The number of hydrogen-bond acceptors (Lipinski definition) is 5. The molecule has 5 nitrogen and oxygen atoms in total. The van der Waals surface area contributed by atoms with Crippen LogP contribution in [0.1, 0.15) is 41.2 Å². The molecular formula is C15H23N5S2. The Kier molecular flexibility index (Phi) is 6.33. The summed E-state index contributed by atoms with van der Waals surface area (Å²) >= 11 is 3.41. The van der Waals surface area contributed by atoms with Crippen LogP contribution in [0.2, 0.25) is 0 Å². The highest BCUT2D eigenvalue weighted by atomic mass is 32.1. The molecule has 0 fully saturated rings. The SMILES string of the molecule is CN=C(NCCc1csc(C)n1)NCc1csc(C(C)C)n1. The zero-order valence-corrected chi connectivity index (χ0v) is 15.1. The molecular weight excluding hydrogens is 314 g/mol. The van der Waals surface area contributed by atoms with Gasteiger partial charge < -0.3 is 10.6 Å². The number of aryl methyl sites for hydroxylation is 1. The van der Waals surface area contributed by atoms with Gasteiger partial charge in [-0.3, -0.25) is 4.99 Å². The van der Waals surface area contributed by atoms with E-state index in [0.717, 1.165) is 35.3 Å². The zero-order chi connectivity index (χ0) is 15.9. The Morgan fingerprint density at radius 2 is 1.95 bits per heavy atom. The van der Waals surface area contributed by atoms with E-state index in [1.54, 1.807) is 29.7 Å². The first-order valence-electron chi connectivity index (χ1n) is 7.38. The molecule has 2 N–H and O–H groups in total. The summed E-state index contributed by atoms with van der Waals surface area (Å²) in [6, 6.07) is 0. The number of thiazole rings is 2. The molecule has 2 aromatic heterocycles. The average molecular weight is 338 g/mol. The van der Waals surface area contributed by atoms with Crippen molar-refractivity contribution in [1.82, 2.24) is 20.6 Å². The predicted molar refractivity (Wildman–Crippen MR) is 95.0 cm³/mol. The van der Waals surface area contributed by atoms with E-state index in [2.05, 4.69) is 50.2 Å². The van der Waals surface area contributed by atoms with E-state index in [1.165, 1.54) is 5.01 Å². The second kappa shape index (κ2) is 8.24. The van der Waals surface area contributed by atoms with Gasteiger partial charge in [0.05, 0.1) is 27.9 Å². The van der Waals surface area contributed by atoms with Gasteiger partial charge in [-0.05, 0) is 6.92 Å². The van der Waals surface area contributed by atoms with Crippen molar-refractivity contribution in [2.45, 2.75) is 39.7 Å². The highest BCUT2D eigenvalue weighted by Gasteiger charge is 2.06. The van der Waals surface area contributed by atoms with Crippen molar-refractivity contribution in [3.8, 4) is 0 Å². The summed E-state index contributed by atoms with van der Waals surface area (Å²) in [4.78, 5) is 13.3. The van der Waals surface area contributed by atoms with Gasteiger partial charge in [-0.1, -0.05) is 13.8 Å². The molecule has 0 saturated heterocycles. The van der Waals surface area contributed by atoms with Crippen molar-refractivity contribution in [1.29, 1.82) is 0 Å². The maximum Gasteiger partial charge on any atom is 0.191 e. The normalized spacial score (nSPS) is 12.0. The third-order valence-electron chi connectivity index (χ3n) is 3.06. The summed E-state index contributed by atoms with van der Waals surface area (Å²) in [5, 5.41) is 13.1. The molecule has 22 heavy (non-hydrogen) atoms. The molecule has 0 bridgehead atoms. The second-order valence-corrected chi connectivity index (χ2v) is 7.24. The molecule has 0 aliphatic rings. The van der Waals surface area contributed by atoms with Gasteiger partial charge in [0, 0.05) is 36.7 Å². The number of hydrogen-bond donors (Lipinski definition) is 2. The van der Waals surface area contributed by atoms with Crippen LogP contribution >= 0.6 is 22.7 Å². The number of guanidine groups is 1. The van der Waals surface area contributed by atoms with Crippen LogP contribution in [0.5, 0.6) is 0 Å². The lowest BCUT2D eigenvalue weighted by atomic mass is 10.2. The van der Waals surface area contributed by atoms with Crippen LogP contribution < -0.4 is 10.6 Å². The highest BCUT2D eigenvalue weighted by molar-refractivity contribution is 7.09. The minimum absolute atomic E-state index is 0.484. The standard InChI is InChI=1S/C15H23N5S2/c1-10(2)14-20-13(9-22-14)7-18-15(16-4)17-6-5-12-8-21-11(3)19-12/h8-10H,5-7H2,1-4H3,(H2,16,17,18). The smallest absolute Gasteiger partial charge is 0.191 e. The molecule has 0 saturated carbocycles. The van der Waals surface area contributed by atoms with Crippen LogP contribution in [-0.2, 0) is 13.0 Å². The fourth-order valence-electron chi connectivity index (χ4n) is 1.90. The first-order chi connectivity index (χ1) is 10.6. The molecule has 120 valence electrons. The van der Waals surface area contributed by atoms with E-state index in [4.69, 9.17) is 0 Å². The summed E-state index contributed by atoms with van der Waals surface area (Å²) in [7, 11) is 1.78. The van der Waals surface area contributed by atoms with Crippen molar-refractivity contribution >= 4 is 28.6 Å². The van der Waals surface area contributed by atoms with E-state index in [-0.39, 0.29) is 0 Å². The van der Waals surface area contributed by atoms with Crippen molar-refractivity contribution in [2.24, 2.45) is 4.99 Å². The Labute approximate surface area is 139 Å². The average Bonchev–Trinajstić information content (AvgIpc) is 3.11. The van der Waals surface area contributed by atoms with Gasteiger partial charge in [0.25, 0.3) is 0 Å². The van der Waals surface area contributed by atoms with E-state index in [1.807, 2.05) is 6.92 Å². The molecule has 0 aliphatic carbocycles. The molecule has 0 aromatic carbocycles. The van der Waals surface area contributed by atoms with Crippen LogP contribution in [0.4, 0.5) is 0 Å². The molecule has 0 spiro atoms. The first kappa shape index (κ1) is 16.9. The van der Waals surface area contributed by atoms with Crippen molar-refractivity contribution in [3.63, 3.8) is 0 Å². The quantitative estimate of drug-likeness (QED) is 0.628. The van der Waals surface area contributed by atoms with E-state index in [0.29, 0.717) is 12.5 Å². The Hall–Kier alpha value is -1.47. The second-order valence-electron chi connectivity index (χ2n) is 5.29. The summed E-state index contributed by atoms with van der Waals surface area (Å²) < 4.78 is 0. The van der Waals surface area contributed by atoms with Crippen molar-refractivity contribution in [2.75, 3.05) is 13.6 Å². The lowest BCUT2D eigenvalue weighted by molar-refractivity contribution is 0.770. The Balaban J connectivity index is 1.74. The summed E-state index contributed by atoms with van der Waals surface area (Å²) in [6.07, 6.45) is 0.902. The Morgan fingerprint density at radius 1 is 1.18 bits per heavy atom. The fourth-order valence-corrected chi connectivity index (χ4v) is 3.38. The lowest BCUT2D eigenvalue weighted by Crippen LogP contribution is -2.38.